The van der Waals surface area contributed by atoms with Gasteiger partial charge in [0.1, 0.15) is 11.3 Å². The molecule has 1 saturated heterocycles. The van der Waals surface area contributed by atoms with E-state index in [4.69, 9.17) is 23.2 Å². The molecule has 0 bridgehead atoms. The van der Waals surface area contributed by atoms with Gasteiger partial charge in [0.15, 0.2) is 5.75 Å². The Hall–Kier alpha value is -1.30. The van der Waals surface area contributed by atoms with E-state index >= 15 is 0 Å². The number of likely N-dealkylation sites (tertiary alicyclic amines) is 1. The van der Waals surface area contributed by atoms with Crippen molar-refractivity contribution >= 4 is 34.1 Å². The van der Waals surface area contributed by atoms with Crippen LogP contribution in [0.2, 0.25) is 10.0 Å². The second-order valence-corrected chi connectivity index (χ2v) is 6.46. The standard InChI is InChI=1S/C15H17Cl2N3O2/c1-19-11(8-20-5-3-2-4-6-20)18-13-12(15(19)22)9(16)7-10(17)14(13)21/h7,21H,2-6,8H2,1H3. The Bertz CT molecular complexity index is 783. The molecule has 0 atom stereocenters. The van der Waals surface area contributed by atoms with Crippen molar-refractivity contribution in [2.45, 2.75) is 25.8 Å². The molecule has 3 rings (SSSR count). The van der Waals surface area contributed by atoms with Gasteiger partial charge >= 0.3 is 0 Å². The van der Waals surface area contributed by atoms with Crippen LogP contribution in [0.1, 0.15) is 25.1 Å². The molecule has 0 amide bonds. The summed E-state index contributed by atoms with van der Waals surface area (Å²) < 4.78 is 1.50. The first kappa shape index (κ1) is 15.6. The number of aromatic hydroxyl groups is 1. The Morgan fingerprint density at radius 1 is 1.23 bits per heavy atom. The number of hydrogen-bond acceptors (Lipinski definition) is 4. The molecule has 1 aromatic carbocycles. The molecule has 1 fully saturated rings. The van der Waals surface area contributed by atoms with E-state index in [1.807, 2.05) is 0 Å². The fourth-order valence-corrected chi connectivity index (χ4v) is 3.39. The maximum atomic E-state index is 12.5. The molecule has 118 valence electrons. The van der Waals surface area contributed by atoms with Crippen LogP contribution in [0.4, 0.5) is 0 Å². The predicted octanol–water partition coefficient (Wildman–Crippen LogP) is 2.93. The molecule has 0 saturated carbocycles. The van der Waals surface area contributed by atoms with Gasteiger partial charge in [-0.3, -0.25) is 14.3 Å². The molecule has 0 radical (unpaired) electrons. The number of nitrogens with zero attached hydrogens (tertiary/aromatic N) is 3. The molecule has 1 aromatic heterocycles. The normalized spacial score (nSPS) is 16.3. The topological polar surface area (TPSA) is 58.4 Å². The third kappa shape index (κ3) is 2.69. The Labute approximate surface area is 138 Å². The number of fused-ring (bicyclic) bond motifs is 1. The summed E-state index contributed by atoms with van der Waals surface area (Å²) in [7, 11) is 1.68. The van der Waals surface area contributed by atoms with Gasteiger partial charge in [-0.1, -0.05) is 29.6 Å². The molecule has 22 heavy (non-hydrogen) atoms. The highest BCUT2D eigenvalue weighted by Crippen LogP contribution is 2.34. The zero-order chi connectivity index (χ0) is 15.9. The lowest BCUT2D eigenvalue weighted by atomic mass is 10.1. The van der Waals surface area contributed by atoms with Gasteiger partial charge in [0.2, 0.25) is 0 Å². The number of piperidine rings is 1. The minimum atomic E-state index is -0.269. The average Bonchev–Trinajstić information content (AvgIpc) is 2.50. The summed E-state index contributed by atoms with van der Waals surface area (Å²) in [4.78, 5) is 19.3. The average molecular weight is 342 g/mol. The molecule has 7 heteroatoms. The Balaban J connectivity index is 2.13. The molecular formula is C15H17Cl2N3O2. The third-order valence-electron chi connectivity index (χ3n) is 4.14. The molecule has 0 aliphatic carbocycles. The minimum absolute atomic E-state index is 0.0992. The van der Waals surface area contributed by atoms with E-state index in [0.29, 0.717) is 12.4 Å². The highest BCUT2D eigenvalue weighted by atomic mass is 35.5. The lowest BCUT2D eigenvalue weighted by Crippen LogP contribution is -2.33. The van der Waals surface area contributed by atoms with Crippen LogP contribution in [-0.4, -0.2) is 32.6 Å². The van der Waals surface area contributed by atoms with Gasteiger partial charge in [0.25, 0.3) is 5.56 Å². The molecule has 0 unspecified atom stereocenters. The molecule has 1 aliphatic rings. The molecule has 2 aromatic rings. The number of halogens is 2. The largest absolute Gasteiger partial charge is 0.504 e. The van der Waals surface area contributed by atoms with E-state index < -0.39 is 0 Å². The molecule has 0 spiro atoms. The van der Waals surface area contributed by atoms with Crippen molar-refractivity contribution in [2.24, 2.45) is 7.05 Å². The first-order valence-corrected chi connectivity index (χ1v) is 8.03. The highest BCUT2D eigenvalue weighted by molar-refractivity contribution is 6.39. The second kappa shape index (κ2) is 6.07. The summed E-state index contributed by atoms with van der Waals surface area (Å²) in [6, 6.07) is 1.37. The Morgan fingerprint density at radius 3 is 2.59 bits per heavy atom. The van der Waals surface area contributed by atoms with E-state index in [2.05, 4.69) is 9.88 Å². The Morgan fingerprint density at radius 2 is 1.91 bits per heavy atom. The van der Waals surface area contributed by atoms with Crippen molar-refractivity contribution in [1.29, 1.82) is 0 Å². The first-order chi connectivity index (χ1) is 10.5. The van der Waals surface area contributed by atoms with Crippen molar-refractivity contribution in [1.82, 2.24) is 14.5 Å². The van der Waals surface area contributed by atoms with Gasteiger partial charge in [-0.05, 0) is 32.0 Å². The number of phenolic OH excluding ortho intramolecular Hbond substituents is 1. The number of hydrogen-bond donors (Lipinski definition) is 1. The number of phenols is 1. The maximum Gasteiger partial charge on any atom is 0.262 e. The van der Waals surface area contributed by atoms with Crippen molar-refractivity contribution in [3.63, 3.8) is 0 Å². The molecule has 5 nitrogen and oxygen atoms in total. The van der Waals surface area contributed by atoms with Crippen LogP contribution >= 0.6 is 23.2 Å². The van der Waals surface area contributed by atoms with Gasteiger partial charge in [-0.25, -0.2) is 4.98 Å². The molecule has 2 heterocycles. The predicted molar refractivity (Wildman–Crippen MR) is 87.8 cm³/mol. The molecule has 1 N–H and O–H groups in total. The van der Waals surface area contributed by atoms with Crippen LogP contribution in [0, 0.1) is 0 Å². The number of rotatable bonds is 2. The quantitative estimate of drug-likeness (QED) is 0.912. The summed E-state index contributed by atoms with van der Waals surface area (Å²) in [5.41, 5.74) is -0.0958. The monoisotopic (exact) mass is 341 g/mol. The highest BCUT2D eigenvalue weighted by Gasteiger charge is 2.19. The fourth-order valence-electron chi connectivity index (χ4n) is 2.86. The summed E-state index contributed by atoms with van der Waals surface area (Å²) in [6.07, 6.45) is 3.56. The van der Waals surface area contributed by atoms with Crippen molar-refractivity contribution in [3.05, 3.63) is 32.3 Å². The van der Waals surface area contributed by atoms with Gasteiger partial charge in [-0.2, -0.15) is 0 Å². The Kier molecular flexibility index (Phi) is 4.30. The van der Waals surface area contributed by atoms with E-state index in [1.54, 1.807) is 7.05 Å². The fraction of sp³-hybridized carbons (Fsp3) is 0.467. The van der Waals surface area contributed by atoms with Gasteiger partial charge < -0.3 is 5.11 Å². The van der Waals surface area contributed by atoms with E-state index in [0.717, 1.165) is 25.9 Å². The summed E-state index contributed by atoms with van der Waals surface area (Å²) >= 11 is 12.0. The van der Waals surface area contributed by atoms with Crippen LogP contribution in [-0.2, 0) is 13.6 Å². The lowest BCUT2D eigenvalue weighted by Gasteiger charge is -2.26. The smallest absolute Gasteiger partial charge is 0.262 e. The zero-order valence-corrected chi connectivity index (χ0v) is 13.8. The lowest BCUT2D eigenvalue weighted by molar-refractivity contribution is 0.213. The van der Waals surface area contributed by atoms with Crippen LogP contribution in [0.3, 0.4) is 0 Å². The number of aromatic nitrogens is 2. The zero-order valence-electron chi connectivity index (χ0n) is 12.3. The van der Waals surface area contributed by atoms with Crippen LogP contribution < -0.4 is 5.56 Å². The second-order valence-electron chi connectivity index (χ2n) is 5.64. The van der Waals surface area contributed by atoms with E-state index in [1.165, 1.54) is 17.1 Å². The van der Waals surface area contributed by atoms with Crippen molar-refractivity contribution in [3.8, 4) is 5.75 Å². The minimum Gasteiger partial charge on any atom is -0.504 e. The summed E-state index contributed by atoms with van der Waals surface area (Å²) in [5, 5.41) is 10.6. The molecular weight excluding hydrogens is 325 g/mol. The van der Waals surface area contributed by atoms with Crippen LogP contribution in [0.5, 0.6) is 5.75 Å². The third-order valence-corrected chi connectivity index (χ3v) is 4.73. The van der Waals surface area contributed by atoms with E-state index in [-0.39, 0.29) is 32.3 Å². The van der Waals surface area contributed by atoms with E-state index in [9.17, 15) is 9.90 Å². The summed E-state index contributed by atoms with van der Waals surface area (Å²) in [5.74, 6) is 0.409. The van der Waals surface area contributed by atoms with Gasteiger partial charge in [-0.15, -0.1) is 0 Å². The van der Waals surface area contributed by atoms with Gasteiger partial charge in [0.05, 0.1) is 22.0 Å². The summed E-state index contributed by atoms with van der Waals surface area (Å²) in [6.45, 7) is 2.57. The number of benzene rings is 1. The first-order valence-electron chi connectivity index (χ1n) is 7.28. The van der Waals surface area contributed by atoms with Crippen LogP contribution in [0.25, 0.3) is 10.9 Å². The van der Waals surface area contributed by atoms with Crippen LogP contribution in [0.15, 0.2) is 10.9 Å². The SMILES string of the molecule is Cn1c(CN2CCCCC2)nc2c(O)c(Cl)cc(Cl)c2c1=O. The molecule has 1 aliphatic heterocycles. The van der Waals surface area contributed by atoms with Crippen molar-refractivity contribution < 1.29 is 5.11 Å². The van der Waals surface area contributed by atoms with Gasteiger partial charge in [0, 0.05) is 7.05 Å². The van der Waals surface area contributed by atoms with Crippen molar-refractivity contribution in [2.75, 3.05) is 13.1 Å². The maximum absolute atomic E-state index is 12.5.